The maximum absolute atomic E-state index is 12.9. The molecule has 1 fully saturated rings. The molecule has 0 bridgehead atoms. The van der Waals surface area contributed by atoms with Crippen LogP contribution in [0.2, 0.25) is 0 Å². The molecule has 0 unspecified atom stereocenters. The molecule has 0 saturated carbocycles. The molecule has 0 atom stereocenters. The van der Waals surface area contributed by atoms with Crippen molar-refractivity contribution >= 4 is 23.2 Å². The lowest BCUT2D eigenvalue weighted by atomic mass is 10.2. The van der Waals surface area contributed by atoms with Crippen molar-refractivity contribution in [3.05, 3.63) is 48.5 Å². The monoisotopic (exact) mass is 395 g/mol. The average Bonchev–Trinajstić information content (AvgIpc) is 2.76. The highest BCUT2D eigenvalue weighted by Crippen LogP contribution is 2.32. The fourth-order valence-corrected chi connectivity index (χ4v) is 3.76. The van der Waals surface area contributed by atoms with E-state index in [-0.39, 0.29) is 25.0 Å². The molecule has 0 spiro atoms. The standard InChI is InChI=1S/C22H25N3O4/c1-2-28-19-9-5-3-7-17(19)23-11-13-24(14-12-23)21(26)15-25-18-8-4-6-10-20(18)29-16-22(25)27/h3-10H,2,11-16H2,1H3. The maximum Gasteiger partial charge on any atom is 0.265 e. The first kappa shape index (κ1) is 19.1. The number of hydrogen-bond acceptors (Lipinski definition) is 5. The van der Waals surface area contributed by atoms with Crippen LogP contribution in [0.5, 0.6) is 11.5 Å². The third kappa shape index (κ3) is 3.99. The van der Waals surface area contributed by atoms with Crippen LogP contribution in [0.1, 0.15) is 6.92 Å². The van der Waals surface area contributed by atoms with Crippen molar-refractivity contribution in [2.45, 2.75) is 6.92 Å². The molecule has 2 heterocycles. The number of hydrogen-bond donors (Lipinski definition) is 0. The molecule has 0 aromatic heterocycles. The van der Waals surface area contributed by atoms with Gasteiger partial charge in [-0.05, 0) is 31.2 Å². The van der Waals surface area contributed by atoms with Crippen LogP contribution < -0.4 is 19.3 Å². The Balaban J connectivity index is 1.40. The molecule has 0 aliphatic carbocycles. The first-order chi connectivity index (χ1) is 14.2. The largest absolute Gasteiger partial charge is 0.492 e. The van der Waals surface area contributed by atoms with Crippen LogP contribution in [-0.2, 0) is 9.59 Å². The molecule has 2 aromatic rings. The molecule has 2 aliphatic heterocycles. The fourth-order valence-electron chi connectivity index (χ4n) is 3.76. The Bertz CT molecular complexity index is 893. The summed E-state index contributed by atoms with van der Waals surface area (Å²) in [5.41, 5.74) is 1.71. The summed E-state index contributed by atoms with van der Waals surface area (Å²) in [4.78, 5) is 30.8. The number of benzene rings is 2. The highest BCUT2D eigenvalue weighted by atomic mass is 16.5. The van der Waals surface area contributed by atoms with Gasteiger partial charge in [-0.15, -0.1) is 0 Å². The summed E-state index contributed by atoms with van der Waals surface area (Å²) in [6, 6.07) is 15.3. The lowest BCUT2D eigenvalue weighted by Crippen LogP contribution is -2.53. The van der Waals surface area contributed by atoms with Crippen molar-refractivity contribution in [3.63, 3.8) is 0 Å². The molecular formula is C22H25N3O4. The minimum atomic E-state index is -0.193. The molecule has 7 nitrogen and oxygen atoms in total. The Morgan fingerprint density at radius 3 is 2.45 bits per heavy atom. The van der Waals surface area contributed by atoms with Gasteiger partial charge in [-0.25, -0.2) is 0 Å². The van der Waals surface area contributed by atoms with Gasteiger partial charge < -0.3 is 19.3 Å². The molecule has 4 rings (SSSR count). The summed E-state index contributed by atoms with van der Waals surface area (Å²) in [6.07, 6.45) is 0. The van der Waals surface area contributed by atoms with E-state index in [0.717, 1.165) is 24.5 Å². The second-order valence-electron chi connectivity index (χ2n) is 7.00. The molecule has 7 heteroatoms. The Morgan fingerprint density at radius 1 is 1.00 bits per heavy atom. The number of anilines is 2. The molecule has 2 aliphatic rings. The van der Waals surface area contributed by atoms with Gasteiger partial charge in [0.15, 0.2) is 6.61 Å². The number of amides is 2. The molecule has 0 N–H and O–H groups in total. The lowest BCUT2D eigenvalue weighted by molar-refractivity contribution is -0.132. The summed E-state index contributed by atoms with van der Waals surface area (Å²) < 4.78 is 11.2. The number of carbonyl (C=O) groups is 2. The number of piperazine rings is 1. The van der Waals surface area contributed by atoms with Gasteiger partial charge in [0.05, 0.1) is 18.0 Å². The van der Waals surface area contributed by atoms with Gasteiger partial charge in [0.25, 0.3) is 5.91 Å². The van der Waals surface area contributed by atoms with Crippen molar-refractivity contribution in [1.82, 2.24) is 4.90 Å². The Hall–Kier alpha value is -3.22. The van der Waals surface area contributed by atoms with Gasteiger partial charge in [0.2, 0.25) is 5.91 Å². The number of carbonyl (C=O) groups excluding carboxylic acids is 2. The maximum atomic E-state index is 12.9. The number of nitrogens with zero attached hydrogens (tertiary/aromatic N) is 3. The van der Waals surface area contributed by atoms with Crippen molar-refractivity contribution < 1.29 is 19.1 Å². The number of para-hydroxylation sites is 4. The van der Waals surface area contributed by atoms with E-state index >= 15 is 0 Å². The predicted molar refractivity (Wildman–Crippen MR) is 111 cm³/mol. The van der Waals surface area contributed by atoms with Gasteiger partial charge in [0.1, 0.15) is 18.0 Å². The third-order valence-electron chi connectivity index (χ3n) is 5.24. The van der Waals surface area contributed by atoms with Crippen LogP contribution in [0, 0.1) is 0 Å². The van der Waals surface area contributed by atoms with E-state index in [1.54, 1.807) is 0 Å². The summed E-state index contributed by atoms with van der Waals surface area (Å²) in [6.45, 7) is 5.26. The Kier molecular flexibility index (Phi) is 5.55. The zero-order valence-corrected chi connectivity index (χ0v) is 16.5. The fraction of sp³-hybridized carbons (Fsp3) is 0.364. The van der Waals surface area contributed by atoms with E-state index in [2.05, 4.69) is 4.90 Å². The number of rotatable bonds is 5. The summed E-state index contributed by atoms with van der Waals surface area (Å²) >= 11 is 0. The van der Waals surface area contributed by atoms with Crippen LogP contribution in [0.4, 0.5) is 11.4 Å². The van der Waals surface area contributed by atoms with Gasteiger partial charge in [-0.3, -0.25) is 14.5 Å². The Morgan fingerprint density at radius 2 is 1.69 bits per heavy atom. The second kappa shape index (κ2) is 8.43. The lowest BCUT2D eigenvalue weighted by Gasteiger charge is -2.38. The summed E-state index contributed by atoms with van der Waals surface area (Å²) in [7, 11) is 0. The minimum absolute atomic E-state index is 0.0354. The highest BCUT2D eigenvalue weighted by Gasteiger charge is 2.30. The molecule has 2 amide bonds. The van der Waals surface area contributed by atoms with E-state index < -0.39 is 0 Å². The van der Waals surface area contributed by atoms with Gasteiger partial charge in [0, 0.05) is 26.2 Å². The van der Waals surface area contributed by atoms with Crippen molar-refractivity contribution in [3.8, 4) is 11.5 Å². The van der Waals surface area contributed by atoms with E-state index in [9.17, 15) is 9.59 Å². The van der Waals surface area contributed by atoms with Crippen LogP contribution in [-0.4, -0.2) is 62.7 Å². The van der Waals surface area contributed by atoms with Gasteiger partial charge in [-0.2, -0.15) is 0 Å². The molecule has 0 radical (unpaired) electrons. The first-order valence-corrected chi connectivity index (χ1v) is 9.94. The summed E-state index contributed by atoms with van der Waals surface area (Å²) in [5, 5.41) is 0. The van der Waals surface area contributed by atoms with Gasteiger partial charge >= 0.3 is 0 Å². The highest BCUT2D eigenvalue weighted by molar-refractivity contribution is 6.02. The molecule has 1 saturated heterocycles. The predicted octanol–water partition coefficient (Wildman–Crippen LogP) is 2.16. The smallest absolute Gasteiger partial charge is 0.265 e. The van der Waals surface area contributed by atoms with Crippen molar-refractivity contribution in [2.24, 2.45) is 0 Å². The van der Waals surface area contributed by atoms with Crippen LogP contribution in [0.15, 0.2) is 48.5 Å². The van der Waals surface area contributed by atoms with Crippen LogP contribution in [0.3, 0.4) is 0 Å². The molecule has 29 heavy (non-hydrogen) atoms. The van der Waals surface area contributed by atoms with Crippen LogP contribution in [0.25, 0.3) is 0 Å². The normalized spacial score (nSPS) is 16.3. The quantitative estimate of drug-likeness (QED) is 0.776. The van der Waals surface area contributed by atoms with E-state index in [1.807, 2.05) is 60.4 Å². The molecule has 152 valence electrons. The second-order valence-corrected chi connectivity index (χ2v) is 7.00. The number of ether oxygens (including phenoxy) is 2. The molecule has 2 aromatic carbocycles. The Labute approximate surface area is 170 Å². The zero-order chi connectivity index (χ0) is 20.2. The topological polar surface area (TPSA) is 62.3 Å². The van der Waals surface area contributed by atoms with Crippen molar-refractivity contribution in [1.29, 1.82) is 0 Å². The van der Waals surface area contributed by atoms with E-state index in [0.29, 0.717) is 31.1 Å². The summed E-state index contributed by atoms with van der Waals surface area (Å²) in [5.74, 6) is 1.26. The zero-order valence-electron chi connectivity index (χ0n) is 16.5. The molecular weight excluding hydrogens is 370 g/mol. The van der Waals surface area contributed by atoms with Crippen molar-refractivity contribution in [2.75, 3.05) is 55.7 Å². The SMILES string of the molecule is CCOc1ccccc1N1CCN(C(=O)CN2C(=O)COc3ccccc32)CC1. The minimum Gasteiger partial charge on any atom is -0.492 e. The van der Waals surface area contributed by atoms with E-state index in [4.69, 9.17) is 9.47 Å². The third-order valence-corrected chi connectivity index (χ3v) is 5.24. The van der Waals surface area contributed by atoms with E-state index in [1.165, 1.54) is 4.90 Å². The number of fused-ring (bicyclic) bond motifs is 1. The average molecular weight is 395 g/mol. The van der Waals surface area contributed by atoms with Gasteiger partial charge in [-0.1, -0.05) is 24.3 Å². The first-order valence-electron chi connectivity index (χ1n) is 9.94. The van der Waals surface area contributed by atoms with Crippen LogP contribution >= 0.6 is 0 Å².